The van der Waals surface area contributed by atoms with Crippen LogP contribution >= 0.6 is 0 Å². The molecular formula is C24H50O6. The van der Waals surface area contributed by atoms with E-state index in [0.717, 1.165) is 32.1 Å². The van der Waals surface area contributed by atoms with Gasteiger partial charge in [-0.15, -0.1) is 0 Å². The summed E-state index contributed by atoms with van der Waals surface area (Å²) in [5, 5.41) is 39.8. The van der Waals surface area contributed by atoms with Crippen LogP contribution in [-0.2, 0) is 9.47 Å². The van der Waals surface area contributed by atoms with Crippen LogP contribution < -0.4 is 0 Å². The second-order valence-corrected chi connectivity index (χ2v) is 8.46. The first-order valence-electron chi connectivity index (χ1n) is 12.4. The summed E-state index contributed by atoms with van der Waals surface area (Å²) < 4.78 is 11.1. The van der Waals surface area contributed by atoms with Crippen LogP contribution in [0.3, 0.4) is 0 Å². The second-order valence-electron chi connectivity index (χ2n) is 8.46. The predicted octanol–water partition coefficient (Wildman–Crippen LogP) is 3.96. The minimum absolute atomic E-state index is 0.00750. The van der Waals surface area contributed by atoms with E-state index >= 15 is 0 Å². The normalized spacial score (nSPS) is 15.8. The molecule has 0 aliphatic heterocycles. The van der Waals surface area contributed by atoms with Gasteiger partial charge in [-0.05, 0) is 12.8 Å². The number of unbranched alkanes of at least 4 members (excludes halogenated alkanes) is 12. The molecule has 0 bridgehead atoms. The van der Waals surface area contributed by atoms with Crippen LogP contribution in [0.25, 0.3) is 0 Å². The molecule has 0 fully saturated rings. The molecule has 4 atom stereocenters. The fraction of sp³-hybridized carbons (Fsp3) is 1.00. The first kappa shape index (κ1) is 29.8. The topological polar surface area (TPSA) is 99.4 Å². The Morgan fingerprint density at radius 3 is 1.57 bits per heavy atom. The standard InChI is InChI=1S/C24H50O6/c1-3-5-7-9-11-13-15-17-29-20-22(27)23(28)24(21(26)19-25)30-18-16-14-12-10-8-6-4-2/h21-28H,3-20H2,1-2H3/t21-,22+,23-,24-/m1/s1. The summed E-state index contributed by atoms with van der Waals surface area (Å²) in [7, 11) is 0. The van der Waals surface area contributed by atoms with Gasteiger partial charge in [-0.25, -0.2) is 0 Å². The number of ether oxygens (including phenoxy) is 2. The predicted molar refractivity (Wildman–Crippen MR) is 122 cm³/mol. The molecule has 6 heteroatoms. The average molecular weight is 435 g/mol. The van der Waals surface area contributed by atoms with E-state index in [1.807, 2.05) is 0 Å². The van der Waals surface area contributed by atoms with Crippen LogP contribution in [0, 0.1) is 0 Å². The Labute approximate surface area is 185 Å². The Morgan fingerprint density at radius 1 is 0.600 bits per heavy atom. The molecule has 0 aliphatic rings. The third kappa shape index (κ3) is 16.5. The van der Waals surface area contributed by atoms with Crippen molar-refractivity contribution < 1.29 is 29.9 Å². The molecular weight excluding hydrogens is 384 g/mol. The van der Waals surface area contributed by atoms with E-state index in [9.17, 15) is 20.4 Å². The van der Waals surface area contributed by atoms with Gasteiger partial charge < -0.3 is 29.9 Å². The first-order valence-corrected chi connectivity index (χ1v) is 12.4. The Kier molecular flexibility index (Phi) is 21.8. The number of hydrogen-bond donors (Lipinski definition) is 4. The highest BCUT2D eigenvalue weighted by atomic mass is 16.5. The fourth-order valence-corrected chi connectivity index (χ4v) is 3.50. The summed E-state index contributed by atoms with van der Waals surface area (Å²) in [6.07, 6.45) is 11.6. The molecule has 0 amide bonds. The molecule has 30 heavy (non-hydrogen) atoms. The smallest absolute Gasteiger partial charge is 0.114 e. The second kappa shape index (κ2) is 22.0. The van der Waals surface area contributed by atoms with E-state index in [4.69, 9.17) is 9.47 Å². The van der Waals surface area contributed by atoms with Gasteiger partial charge in [0.15, 0.2) is 0 Å². The minimum Gasteiger partial charge on any atom is -0.394 e. The van der Waals surface area contributed by atoms with E-state index < -0.39 is 31.0 Å². The van der Waals surface area contributed by atoms with Gasteiger partial charge in [0.2, 0.25) is 0 Å². The minimum atomic E-state index is -1.30. The van der Waals surface area contributed by atoms with Gasteiger partial charge in [-0.3, -0.25) is 0 Å². The Bertz CT molecular complexity index is 342. The summed E-state index contributed by atoms with van der Waals surface area (Å²) in [4.78, 5) is 0. The summed E-state index contributed by atoms with van der Waals surface area (Å²) >= 11 is 0. The van der Waals surface area contributed by atoms with Gasteiger partial charge in [0.1, 0.15) is 24.4 Å². The summed E-state index contributed by atoms with van der Waals surface area (Å²) in [6.45, 7) is 4.80. The molecule has 0 radical (unpaired) electrons. The van der Waals surface area contributed by atoms with Crippen molar-refractivity contribution in [3.63, 3.8) is 0 Å². The summed E-state index contributed by atoms with van der Waals surface area (Å²) in [6, 6.07) is 0. The lowest BCUT2D eigenvalue weighted by Gasteiger charge is -2.29. The molecule has 6 nitrogen and oxygen atoms in total. The van der Waals surface area contributed by atoms with Gasteiger partial charge >= 0.3 is 0 Å². The summed E-state index contributed by atoms with van der Waals surface area (Å²) in [5.41, 5.74) is 0. The van der Waals surface area contributed by atoms with Gasteiger partial charge in [-0.2, -0.15) is 0 Å². The van der Waals surface area contributed by atoms with Crippen molar-refractivity contribution in [2.24, 2.45) is 0 Å². The molecule has 4 N–H and O–H groups in total. The van der Waals surface area contributed by atoms with Gasteiger partial charge in [-0.1, -0.05) is 90.9 Å². The molecule has 182 valence electrons. The van der Waals surface area contributed by atoms with Crippen LogP contribution in [0.4, 0.5) is 0 Å². The molecule has 0 unspecified atom stereocenters. The maximum absolute atomic E-state index is 10.4. The zero-order valence-corrected chi connectivity index (χ0v) is 19.6. The lowest BCUT2D eigenvalue weighted by molar-refractivity contribution is -0.153. The highest BCUT2D eigenvalue weighted by molar-refractivity contribution is 4.82. The number of aliphatic hydroxyl groups is 4. The van der Waals surface area contributed by atoms with Crippen LogP contribution in [0.15, 0.2) is 0 Å². The van der Waals surface area contributed by atoms with Crippen molar-refractivity contribution in [3.05, 3.63) is 0 Å². The molecule has 0 aliphatic carbocycles. The maximum Gasteiger partial charge on any atom is 0.114 e. The van der Waals surface area contributed by atoms with Crippen molar-refractivity contribution >= 4 is 0 Å². The van der Waals surface area contributed by atoms with E-state index in [2.05, 4.69) is 13.8 Å². The summed E-state index contributed by atoms with van der Waals surface area (Å²) in [5.74, 6) is 0. The van der Waals surface area contributed by atoms with Crippen molar-refractivity contribution in [2.45, 2.75) is 128 Å². The highest BCUT2D eigenvalue weighted by Crippen LogP contribution is 2.13. The van der Waals surface area contributed by atoms with E-state index in [0.29, 0.717) is 13.2 Å². The van der Waals surface area contributed by atoms with Gasteiger partial charge in [0.25, 0.3) is 0 Å². The molecule has 0 saturated heterocycles. The first-order chi connectivity index (χ1) is 14.6. The zero-order valence-electron chi connectivity index (χ0n) is 19.6. The molecule has 0 rings (SSSR count). The van der Waals surface area contributed by atoms with Gasteiger partial charge in [0.05, 0.1) is 13.2 Å². The quantitative estimate of drug-likeness (QED) is 0.182. The zero-order chi connectivity index (χ0) is 22.5. The van der Waals surface area contributed by atoms with Crippen molar-refractivity contribution in [1.29, 1.82) is 0 Å². The third-order valence-corrected chi connectivity index (χ3v) is 5.54. The molecule has 0 spiro atoms. The van der Waals surface area contributed by atoms with Gasteiger partial charge in [0, 0.05) is 13.2 Å². The number of rotatable bonds is 23. The van der Waals surface area contributed by atoms with E-state index in [1.54, 1.807) is 0 Å². The van der Waals surface area contributed by atoms with Crippen LogP contribution in [-0.4, -0.2) is 71.3 Å². The third-order valence-electron chi connectivity index (χ3n) is 5.54. The van der Waals surface area contributed by atoms with Crippen molar-refractivity contribution in [1.82, 2.24) is 0 Å². The van der Waals surface area contributed by atoms with E-state index in [1.165, 1.54) is 57.8 Å². The maximum atomic E-state index is 10.4. The number of hydrogen-bond acceptors (Lipinski definition) is 6. The molecule has 0 aromatic heterocycles. The molecule has 0 aromatic carbocycles. The Balaban J connectivity index is 3.98. The monoisotopic (exact) mass is 434 g/mol. The lowest BCUT2D eigenvalue weighted by Crippen LogP contribution is -2.49. The van der Waals surface area contributed by atoms with Crippen LogP contribution in [0.2, 0.25) is 0 Å². The van der Waals surface area contributed by atoms with Crippen molar-refractivity contribution in [2.75, 3.05) is 26.4 Å². The Morgan fingerprint density at radius 2 is 1.07 bits per heavy atom. The van der Waals surface area contributed by atoms with Crippen LogP contribution in [0.1, 0.15) is 104 Å². The SMILES string of the molecule is CCCCCCCCCOC[C@H](O)[C@@H](O)[C@H](OCCCCCCCCC)[C@H](O)CO. The Hall–Kier alpha value is -0.240. The van der Waals surface area contributed by atoms with E-state index in [-0.39, 0.29) is 6.61 Å². The average Bonchev–Trinajstić information content (AvgIpc) is 2.75. The highest BCUT2D eigenvalue weighted by Gasteiger charge is 2.32. The molecule has 0 saturated carbocycles. The largest absolute Gasteiger partial charge is 0.394 e. The van der Waals surface area contributed by atoms with Crippen molar-refractivity contribution in [3.8, 4) is 0 Å². The molecule has 0 heterocycles. The molecule has 0 aromatic rings. The lowest BCUT2D eigenvalue weighted by atomic mass is 10.0. The fourth-order valence-electron chi connectivity index (χ4n) is 3.50. The van der Waals surface area contributed by atoms with Crippen LogP contribution in [0.5, 0.6) is 0 Å². The number of aliphatic hydroxyl groups excluding tert-OH is 4.